The lowest BCUT2D eigenvalue weighted by Gasteiger charge is -2.33. The molecule has 2 aliphatic rings. The molecule has 0 unspecified atom stereocenters. The molecule has 2 fully saturated rings. The average Bonchev–Trinajstić information content (AvgIpc) is 2.81. The van der Waals surface area contributed by atoms with Gasteiger partial charge >= 0.3 is 0 Å². The van der Waals surface area contributed by atoms with E-state index in [0.717, 1.165) is 57.8 Å². The quantitative estimate of drug-likeness (QED) is 0.789. The molecular formula is C16H26N2O. The fraction of sp³-hybridized carbons (Fsp3) is 0.875. The summed E-state index contributed by atoms with van der Waals surface area (Å²) in [6.45, 7) is 2.11. The Morgan fingerprint density at radius 1 is 1.05 bits per heavy atom. The van der Waals surface area contributed by atoms with E-state index < -0.39 is 5.54 Å². The highest BCUT2D eigenvalue weighted by Crippen LogP contribution is 2.42. The van der Waals surface area contributed by atoms with Gasteiger partial charge in [0.15, 0.2) is 0 Å². The summed E-state index contributed by atoms with van der Waals surface area (Å²) < 4.78 is 0. The van der Waals surface area contributed by atoms with Crippen LogP contribution in [-0.4, -0.2) is 11.4 Å². The molecule has 0 spiro atoms. The van der Waals surface area contributed by atoms with Crippen LogP contribution >= 0.6 is 0 Å². The Kier molecular flexibility index (Phi) is 4.50. The van der Waals surface area contributed by atoms with E-state index in [1.165, 1.54) is 12.8 Å². The Morgan fingerprint density at radius 3 is 2.05 bits per heavy atom. The van der Waals surface area contributed by atoms with E-state index in [-0.39, 0.29) is 11.3 Å². The van der Waals surface area contributed by atoms with Crippen LogP contribution in [0.2, 0.25) is 0 Å². The molecule has 106 valence electrons. The van der Waals surface area contributed by atoms with Crippen LogP contribution in [0.3, 0.4) is 0 Å². The zero-order chi connectivity index (χ0) is 13.8. The second-order valence-electron chi connectivity index (χ2n) is 6.40. The minimum atomic E-state index is -0.585. The standard InChI is InChI=1S/C16H26N2O/c1-2-15(9-7-8-10-15)14(19)18-16(13-17)11-5-3-4-6-12-16/h2-12H2,1H3,(H,18,19). The smallest absolute Gasteiger partial charge is 0.227 e. The first-order chi connectivity index (χ1) is 9.16. The number of hydrogen-bond donors (Lipinski definition) is 1. The fourth-order valence-corrected chi connectivity index (χ4v) is 3.74. The molecule has 0 saturated heterocycles. The number of rotatable bonds is 3. The fourth-order valence-electron chi connectivity index (χ4n) is 3.74. The van der Waals surface area contributed by atoms with Crippen molar-refractivity contribution in [1.82, 2.24) is 5.32 Å². The van der Waals surface area contributed by atoms with Crippen LogP contribution in [0.4, 0.5) is 0 Å². The second kappa shape index (κ2) is 5.94. The maximum atomic E-state index is 12.7. The van der Waals surface area contributed by atoms with E-state index in [0.29, 0.717) is 0 Å². The Balaban J connectivity index is 2.09. The molecule has 0 aromatic heterocycles. The van der Waals surface area contributed by atoms with Crippen molar-refractivity contribution in [3.63, 3.8) is 0 Å². The van der Waals surface area contributed by atoms with E-state index in [9.17, 15) is 10.1 Å². The maximum absolute atomic E-state index is 12.7. The minimum absolute atomic E-state index is 0.149. The van der Waals surface area contributed by atoms with Crippen molar-refractivity contribution in [1.29, 1.82) is 5.26 Å². The summed E-state index contributed by atoms with van der Waals surface area (Å²) >= 11 is 0. The van der Waals surface area contributed by atoms with Crippen molar-refractivity contribution in [2.75, 3.05) is 0 Å². The van der Waals surface area contributed by atoms with Gasteiger partial charge in [0.05, 0.1) is 6.07 Å². The molecule has 0 aromatic rings. The highest BCUT2D eigenvalue weighted by molar-refractivity contribution is 5.84. The van der Waals surface area contributed by atoms with Crippen LogP contribution in [-0.2, 0) is 4.79 Å². The summed E-state index contributed by atoms with van der Waals surface area (Å²) in [5.41, 5.74) is -0.769. The van der Waals surface area contributed by atoms with Crippen LogP contribution in [0.15, 0.2) is 0 Å². The van der Waals surface area contributed by atoms with E-state index in [1.54, 1.807) is 0 Å². The lowest BCUT2D eigenvalue weighted by Crippen LogP contribution is -2.52. The summed E-state index contributed by atoms with van der Waals surface area (Å²) in [4.78, 5) is 12.7. The van der Waals surface area contributed by atoms with Gasteiger partial charge in [-0.2, -0.15) is 5.26 Å². The lowest BCUT2D eigenvalue weighted by atomic mass is 9.80. The lowest BCUT2D eigenvalue weighted by molar-refractivity contribution is -0.132. The van der Waals surface area contributed by atoms with Crippen LogP contribution < -0.4 is 5.32 Å². The van der Waals surface area contributed by atoms with Crippen molar-refractivity contribution in [3.05, 3.63) is 0 Å². The number of nitrogens with zero attached hydrogens (tertiary/aromatic N) is 1. The third-order valence-corrected chi connectivity index (χ3v) is 5.24. The van der Waals surface area contributed by atoms with Gasteiger partial charge in [0, 0.05) is 5.41 Å². The SMILES string of the molecule is CCC1(C(=O)NC2(C#N)CCCCCC2)CCCC1. The summed E-state index contributed by atoms with van der Waals surface area (Å²) in [7, 11) is 0. The first-order valence-corrected chi connectivity index (χ1v) is 7.90. The molecule has 0 aromatic carbocycles. The average molecular weight is 262 g/mol. The molecule has 1 amide bonds. The van der Waals surface area contributed by atoms with Gasteiger partial charge in [-0.05, 0) is 32.1 Å². The van der Waals surface area contributed by atoms with Crippen LogP contribution in [0.1, 0.15) is 77.6 Å². The summed E-state index contributed by atoms with van der Waals surface area (Å²) in [6, 6.07) is 2.42. The third kappa shape index (κ3) is 2.94. The van der Waals surface area contributed by atoms with Gasteiger partial charge in [0.25, 0.3) is 0 Å². The minimum Gasteiger partial charge on any atom is -0.337 e. The number of amides is 1. The molecule has 1 N–H and O–H groups in total. The molecule has 0 aliphatic heterocycles. The van der Waals surface area contributed by atoms with Gasteiger partial charge in [-0.1, -0.05) is 45.4 Å². The number of carbonyl (C=O) groups is 1. The predicted octanol–water partition coefficient (Wildman–Crippen LogP) is 3.69. The summed E-state index contributed by atoms with van der Waals surface area (Å²) in [5.74, 6) is 0.149. The van der Waals surface area contributed by atoms with Crippen LogP contribution in [0, 0.1) is 16.7 Å². The van der Waals surface area contributed by atoms with Crippen molar-refractivity contribution in [2.45, 2.75) is 83.1 Å². The molecule has 3 nitrogen and oxygen atoms in total. The number of nitriles is 1. The van der Waals surface area contributed by atoms with Crippen molar-refractivity contribution in [3.8, 4) is 6.07 Å². The van der Waals surface area contributed by atoms with E-state index in [2.05, 4.69) is 18.3 Å². The van der Waals surface area contributed by atoms with Gasteiger partial charge in [0.1, 0.15) is 5.54 Å². The van der Waals surface area contributed by atoms with E-state index >= 15 is 0 Å². The number of hydrogen-bond acceptors (Lipinski definition) is 2. The van der Waals surface area contributed by atoms with Gasteiger partial charge in [-0.25, -0.2) is 0 Å². The summed E-state index contributed by atoms with van der Waals surface area (Å²) in [5, 5.41) is 12.7. The maximum Gasteiger partial charge on any atom is 0.227 e. The molecule has 0 heterocycles. The topological polar surface area (TPSA) is 52.9 Å². The van der Waals surface area contributed by atoms with E-state index in [1.807, 2.05) is 0 Å². The van der Waals surface area contributed by atoms with Crippen molar-refractivity contribution < 1.29 is 4.79 Å². The molecule has 19 heavy (non-hydrogen) atoms. The Labute approximate surface area is 116 Å². The normalized spacial score (nSPS) is 25.3. The monoisotopic (exact) mass is 262 g/mol. The Morgan fingerprint density at radius 2 is 1.58 bits per heavy atom. The number of nitrogens with one attached hydrogen (secondary N) is 1. The molecule has 0 atom stereocenters. The van der Waals surface area contributed by atoms with Crippen molar-refractivity contribution in [2.24, 2.45) is 5.41 Å². The molecule has 2 aliphatic carbocycles. The van der Waals surface area contributed by atoms with E-state index in [4.69, 9.17) is 0 Å². The van der Waals surface area contributed by atoms with Gasteiger partial charge in [-0.15, -0.1) is 0 Å². The highest BCUT2D eigenvalue weighted by Gasteiger charge is 2.43. The number of carbonyl (C=O) groups excluding carboxylic acids is 1. The van der Waals surface area contributed by atoms with Crippen molar-refractivity contribution >= 4 is 5.91 Å². The highest BCUT2D eigenvalue weighted by atomic mass is 16.2. The third-order valence-electron chi connectivity index (χ3n) is 5.24. The molecule has 2 rings (SSSR count). The largest absolute Gasteiger partial charge is 0.337 e. The zero-order valence-electron chi connectivity index (χ0n) is 12.1. The molecule has 0 radical (unpaired) electrons. The second-order valence-corrected chi connectivity index (χ2v) is 6.40. The van der Waals surface area contributed by atoms with Gasteiger partial charge in [-0.3, -0.25) is 4.79 Å². The van der Waals surface area contributed by atoms with Gasteiger partial charge < -0.3 is 5.32 Å². The predicted molar refractivity (Wildman–Crippen MR) is 75.4 cm³/mol. The molecule has 0 bridgehead atoms. The molecular weight excluding hydrogens is 236 g/mol. The Bertz CT molecular complexity index is 355. The zero-order valence-corrected chi connectivity index (χ0v) is 12.1. The summed E-state index contributed by atoms with van der Waals surface area (Å²) in [6.07, 6.45) is 11.4. The molecule has 2 saturated carbocycles. The van der Waals surface area contributed by atoms with Crippen LogP contribution in [0.5, 0.6) is 0 Å². The molecule has 3 heteroatoms. The Hall–Kier alpha value is -1.04. The first kappa shape index (κ1) is 14.4. The van der Waals surface area contributed by atoms with Gasteiger partial charge in [0.2, 0.25) is 5.91 Å². The van der Waals surface area contributed by atoms with Crippen LogP contribution in [0.25, 0.3) is 0 Å². The first-order valence-electron chi connectivity index (χ1n) is 7.90.